The molecule has 0 fully saturated rings. The third kappa shape index (κ3) is 3.26. The predicted octanol–water partition coefficient (Wildman–Crippen LogP) is 5.82. The number of hydrogen-bond donors (Lipinski definition) is 1. The van der Waals surface area contributed by atoms with E-state index in [1.165, 1.54) is 10.9 Å². The van der Waals surface area contributed by atoms with Crippen molar-refractivity contribution in [2.24, 2.45) is 0 Å². The summed E-state index contributed by atoms with van der Waals surface area (Å²) >= 11 is 7.45. The van der Waals surface area contributed by atoms with Gasteiger partial charge in [0.15, 0.2) is 0 Å². The molecule has 1 nitrogen and oxygen atoms in total. The van der Waals surface area contributed by atoms with Crippen molar-refractivity contribution in [1.82, 2.24) is 0 Å². The van der Waals surface area contributed by atoms with Crippen molar-refractivity contribution < 1.29 is 4.39 Å². The first-order valence-electron chi connectivity index (χ1n) is 6.55. The minimum Gasteiger partial charge on any atom is -0.380 e. The molecule has 1 heterocycles. The molecule has 21 heavy (non-hydrogen) atoms. The third-order valence-electron chi connectivity index (χ3n) is 3.20. The second-order valence-corrected chi connectivity index (χ2v) is 6.00. The van der Waals surface area contributed by atoms with Crippen LogP contribution in [0.2, 0.25) is 5.02 Å². The molecule has 1 aromatic heterocycles. The van der Waals surface area contributed by atoms with E-state index in [1.807, 2.05) is 29.6 Å². The monoisotopic (exact) mass is 317 g/mol. The molecule has 0 spiro atoms. The van der Waals surface area contributed by atoms with Crippen molar-refractivity contribution in [2.75, 3.05) is 5.32 Å². The van der Waals surface area contributed by atoms with Gasteiger partial charge in [0.05, 0.1) is 0 Å². The molecule has 106 valence electrons. The highest BCUT2D eigenvalue weighted by Gasteiger charge is 2.07. The lowest BCUT2D eigenvalue weighted by Gasteiger charge is -2.11. The molecule has 0 aliphatic carbocycles. The maximum Gasteiger partial charge on any atom is 0.129 e. The molecular weight excluding hydrogens is 305 g/mol. The van der Waals surface area contributed by atoms with Gasteiger partial charge in [-0.05, 0) is 29.6 Å². The number of halogens is 2. The van der Waals surface area contributed by atoms with E-state index in [9.17, 15) is 4.39 Å². The molecule has 4 heteroatoms. The van der Waals surface area contributed by atoms with Crippen LogP contribution in [0.1, 0.15) is 5.56 Å². The second-order valence-electron chi connectivity index (χ2n) is 4.61. The fourth-order valence-corrected chi connectivity index (χ4v) is 3.06. The largest absolute Gasteiger partial charge is 0.380 e. The zero-order valence-electron chi connectivity index (χ0n) is 11.1. The minimum atomic E-state index is -0.288. The van der Waals surface area contributed by atoms with E-state index in [-0.39, 0.29) is 5.82 Å². The molecule has 0 aliphatic heterocycles. The van der Waals surface area contributed by atoms with Crippen LogP contribution in [0.25, 0.3) is 10.4 Å². The Morgan fingerprint density at radius 2 is 1.90 bits per heavy atom. The van der Waals surface area contributed by atoms with Crippen LogP contribution in [0.5, 0.6) is 0 Å². The maximum absolute atomic E-state index is 13.8. The first-order chi connectivity index (χ1) is 10.2. The number of benzene rings is 2. The maximum atomic E-state index is 13.8. The standard InChI is InChI=1S/C17H13ClFNS/c18-13-8-7-12(15(19)10-13)11-20-16-5-2-1-4-14(16)17-6-3-9-21-17/h1-10,20H,11H2. The second kappa shape index (κ2) is 6.29. The summed E-state index contributed by atoms with van der Waals surface area (Å²) in [5.41, 5.74) is 2.72. The summed E-state index contributed by atoms with van der Waals surface area (Å²) in [5, 5.41) is 5.76. The van der Waals surface area contributed by atoms with Crippen molar-refractivity contribution in [3.63, 3.8) is 0 Å². The smallest absolute Gasteiger partial charge is 0.129 e. The molecule has 1 N–H and O–H groups in total. The summed E-state index contributed by atoms with van der Waals surface area (Å²) in [4.78, 5) is 1.19. The topological polar surface area (TPSA) is 12.0 Å². The van der Waals surface area contributed by atoms with Gasteiger partial charge in [-0.1, -0.05) is 41.9 Å². The Morgan fingerprint density at radius 1 is 1.05 bits per heavy atom. The van der Waals surface area contributed by atoms with Crippen LogP contribution in [0.15, 0.2) is 60.0 Å². The molecule has 3 rings (SSSR count). The molecule has 3 aromatic rings. The van der Waals surface area contributed by atoms with E-state index in [0.29, 0.717) is 17.1 Å². The van der Waals surface area contributed by atoms with Gasteiger partial charge < -0.3 is 5.32 Å². The van der Waals surface area contributed by atoms with Crippen LogP contribution in [0.3, 0.4) is 0 Å². The lowest BCUT2D eigenvalue weighted by Crippen LogP contribution is -2.02. The van der Waals surface area contributed by atoms with Crippen LogP contribution in [-0.2, 0) is 6.54 Å². The summed E-state index contributed by atoms with van der Waals surface area (Å²) in [6.07, 6.45) is 0. The highest BCUT2D eigenvalue weighted by molar-refractivity contribution is 7.13. The SMILES string of the molecule is Fc1cc(Cl)ccc1CNc1ccccc1-c1cccs1. The van der Waals surface area contributed by atoms with E-state index < -0.39 is 0 Å². The zero-order valence-corrected chi connectivity index (χ0v) is 12.7. The molecule has 2 aromatic carbocycles. The highest BCUT2D eigenvalue weighted by Crippen LogP contribution is 2.31. The third-order valence-corrected chi connectivity index (χ3v) is 4.34. The molecule has 0 saturated heterocycles. The highest BCUT2D eigenvalue weighted by atomic mass is 35.5. The first kappa shape index (κ1) is 14.1. The molecule has 0 amide bonds. The predicted molar refractivity (Wildman–Crippen MR) is 88.5 cm³/mol. The first-order valence-corrected chi connectivity index (χ1v) is 7.80. The van der Waals surface area contributed by atoms with Gasteiger partial charge in [0, 0.05) is 33.3 Å². The van der Waals surface area contributed by atoms with Crippen molar-refractivity contribution in [3.8, 4) is 10.4 Å². The van der Waals surface area contributed by atoms with Crippen molar-refractivity contribution >= 4 is 28.6 Å². The molecule has 0 aliphatic rings. The Hall–Kier alpha value is -1.84. The quantitative estimate of drug-likeness (QED) is 0.639. The average Bonchev–Trinajstić information content (AvgIpc) is 3.01. The average molecular weight is 318 g/mol. The van der Waals surface area contributed by atoms with E-state index in [2.05, 4.69) is 17.4 Å². The van der Waals surface area contributed by atoms with Gasteiger partial charge in [-0.25, -0.2) is 4.39 Å². The number of thiophene rings is 1. The molecule has 0 saturated carbocycles. The van der Waals surface area contributed by atoms with Gasteiger partial charge in [0.1, 0.15) is 5.82 Å². The lowest BCUT2D eigenvalue weighted by molar-refractivity contribution is 0.613. The normalized spacial score (nSPS) is 10.6. The minimum absolute atomic E-state index is 0.288. The summed E-state index contributed by atoms with van der Waals surface area (Å²) in [7, 11) is 0. The fourth-order valence-electron chi connectivity index (χ4n) is 2.14. The number of anilines is 1. The van der Waals surface area contributed by atoms with E-state index in [0.717, 1.165) is 11.3 Å². The van der Waals surface area contributed by atoms with Crippen molar-refractivity contribution in [3.05, 3.63) is 76.4 Å². The van der Waals surface area contributed by atoms with Gasteiger partial charge in [-0.2, -0.15) is 0 Å². The van der Waals surface area contributed by atoms with E-state index >= 15 is 0 Å². The van der Waals surface area contributed by atoms with Gasteiger partial charge in [-0.3, -0.25) is 0 Å². The molecule has 0 bridgehead atoms. The summed E-state index contributed by atoms with van der Waals surface area (Å²) in [6.45, 7) is 0.422. The summed E-state index contributed by atoms with van der Waals surface area (Å²) in [5.74, 6) is -0.288. The fraction of sp³-hybridized carbons (Fsp3) is 0.0588. The number of nitrogens with one attached hydrogen (secondary N) is 1. The summed E-state index contributed by atoms with van der Waals surface area (Å²) in [6, 6.07) is 16.9. The Morgan fingerprint density at radius 3 is 2.67 bits per heavy atom. The van der Waals surface area contributed by atoms with Crippen LogP contribution in [-0.4, -0.2) is 0 Å². The van der Waals surface area contributed by atoms with Gasteiger partial charge >= 0.3 is 0 Å². The molecular formula is C17H13ClFNS. The molecule has 0 radical (unpaired) electrons. The van der Waals surface area contributed by atoms with Crippen LogP contribution in [0.4, 0.5) is 10.1 Å². The van der Waals surface area contributed by atoms with E-state index in [4.69, 9.17) is 11.6 Å². The van der Waals surface area contributed by atoms with Crippen LogP contribution >= 0.6 is 22.9 Å². The Bertz CT molecular complexity index is 740. The van der Waals surface area contributed by atoms with E-state index in [1.54, 1.807) is 23.5 Å². The van der Waals surface area contributed by atoms with Gasteiger partial charge in [-0.15, -0.1) is 11.3 Å². The van der Waals surface area contributed by atoms with Crippen molar-refractivity contribution in [1.29, 1.82) is 0 Å². The molecule has 0 unspecified atom stereocenters. The number of rotatable bonds is 4. The Balaban J connectivity index is 1.83. The zero-order chi connectivity index (χ0) is 14.7. The van der Waals surface area contributed by atoms with Gasteiger partial charge in [0.25, 0.3) is 0 Å². The Kier molecular flexibility index (Phi) is 4.23. The molecule has 0 atom stereocenters. The van der Waals surface area contributed by atoms with Crippen LogP contribution in [0, 0.1) is 5.82 Å². The lowest BCUT2D eigenvalue weighted by atomic mass is 10.1. The Labute approximate surface area is 132 Å². The number of para-hydroxylation sites is 1. The van der Waals surface area contributed by atoms with Gasteiger partial charge in [0.2, 0.25) is 0 Å². The number of hydrogen-bond acceptors (Lipinski definition) is 2. The summed E-state index contributed by atoms with van der Waals surface area (Å²) < 4.78 is 13.8. The van der Waals surface area contributed by atoms with Crippen molar-refractivity contribution in [2.45, 2.75) is 6.54 Å². The van der Waals surface area contributed by atoms with Crippen LogP contribution < -0.4 is 5.32 Å².